The smallest absolute Gasteiger partial charge is 0.287 e. The minimum absolute atomic E-state index is 0.0824. The van der Waals surface area contributed by atoms with Gasteiger partial charge in [-0.3, -0.25) is 4.79 Å². The van der Waals surface area contributed by atoms with Gasteiger partial charge in [-0.1, -0.05) is 0 Å². The summed E-state index contributed by atoms with van der Waals surface area (Å²) in [6.07, 6.45) is -0.586. The van der Waals surface area contributed by atoms with Crippen LogP contribution in [0.25, 0.3) is 0 Å². The first-order valence-electron chi connectivity index (χ1n) is 4.42. The molecule has 0 amide bonds. The summed E-state index contributed by atoms with van der Waals surface area (Å²) >= 11 is 0. The summed E-state index contributed by atoms with van der Waals surface area (Å²) in [5, 5.41) is 8.67. The van der Waals surface area contributed by atoms with Gasteiger partial charge < -0.3 is 0 Å². The van der Waals surface area contributed by atoms with Gasteiger partial charge in [0.05, 0.1) is 11.6 Å². The van der Waals surface area contributed by atoms with Crippen molar-refractivity contribution in [1.82, 2.24) is 0 Å². The van der Waals surface area contributed by atoms with Crippen LogP contribution in [0, 0.1) is 18.3 Å². The number of fused-ring (bicyclic) bond motifs is 1. The molecule has 2 nitrogen and oxygen atoms in total. The van der Waals surface area contributed by atoms with Gasteiger partial charge >= 0.3 is 5.92 Å². The van der Waals surface area contributed by atoms with Crippen molar-refractivity contribution in [2.24, 2.45) is 0 Å². The van der Waals surface area contributed by atoms with Gasteiger partial charge in [0.1, 0.15) is 0 Å². The first kappa shape index (κ1) is 9.78. The van der Waals surface area contributed by atoms with E-state index < -0.39 is 18.1 Å². The van der Waals surface area contributed by atoms with Crippen LogP contribution in [0.5, 0.6) is 0 Å². The molecule has 4 heteroatoms. The van der Waals surface area contributed by atoms with E-state index >= 15 is 0 Å². The predicted molar refractivity (Wildman–Crippen MR) is 48.9 cm³/mol. The van der Waals surface area contributed by atoms with Crippen molar-refractivity contribution in [2.45, 2.75) is 19.3 Å². The summed E-state index contributed by atoms with van der Waals surface area (Å²) in [4.78, 5) is 11.3. The molecule has 0 atom stereocenters. The lowest BCUT2D eigenvalue weighted by molar-refractivity contribution is 0.0167. The Morgan fingerprint density at radius 1 is 1.47 bits per heavy atom. The van der Waals surface area contributed by atoms with Crippen LogP contribution in [0.2, 0.25) is 0 Å². The Morgan fingerprint density at radius 3 is 2.73 bits per heavy atom. The topological polar surface area (TPSA) is 40.9 Å². The highest BCUT2D eigenvalue weighted by atomic mass is 19.3. The van der Waals surface area contributed by atoms with Crippen molar-refractivity contribution >= 4 is 5.78 Å². The van der Waals surface area contributed by atoms with Crippen LogP contribution >= 0.6 is 0 Å². The third kappa shape index (κ3) is 1.32. The standard InChI is InChI=1S/C11H7F2NO/c1-6-2-7(5-14)3-8-4-11(12,13)10(15)9(6)8/h2-3H,4H2,1H3. The van der Waals surface area contributed by atoms with Crippen LogP contribution in [-0.4, -0.2) is 11.7 Å². The van der Waals surface area contributed by atoms with E-state index in [2.05, 4.69) is 0 Å². The molecule has 0 saturated heterocycles. The number of ketones is 1. The number of carbonyl (C=O) groups excluding carboxylic acids is 1. The number of alkyl halides is 2. The van der Waals surface area contributed by atoms with Gasteiger partial charge in [-0.2, -0.15) is 14.0 Å². The molecule has 0 aromatic heterocycles. The van der Waals surface area contributed by atoms with Gasteiger partial charge in [-0.05, 0) is 30.2 Å². The second-order valence-corrected chi connectivity index (χ2v) is 3.65. The zero-order chi connectivity index (χ0) is 11.2. The van der Waals surface area contributed by atoms with E-state index in [1.807, 2.05) is 6.07 Å². The van der Waals surface area contributed by atoms with E-state index in [0.717, 1.165) is 0 Å². The molecular formula is C11H7F2NO. The van der Waals surface area contributed by atoms with Crippen molar-refractivity contribution in [3.8, 4) is 6.07 Å². The zero-order valence-electron chi connectivity index (χ0n) is 7.97. The van der Waals surface area contributed by atoms with Crippen molar-refractivity contribution in [2.75, 3.05) is 0 Å². The molecule has 1 aromatic carbocycles. The number of Topliss-reactive ketones (excluding diaryl/α,β-unsaturated/α-hetero) is 1. The average Bonchev–Trinajstić information content (AvgIpc) is 2.37. The molecule has 15 heavy (non-hydrogen) atoms. The molecule has 76 valence electrons. The number of rotatable bonds is 0. The number of carbonyl (C=O) groups is 1. The van der Waals surface area contributed by atoms with Crippen LogP contribution in [0.15, 0.2) is 12.1 Å². The molecule has 0 radical (unpaired) electrons. The highest BCUT2D eigenvalue weighted by molar-refractivity contribution is 6.07. The lowest BCUT2D eigenvalue weighted by Gasteiger charge is -2.04. The molecule has 0 spiro atoms. The highest BCUT2D eigenvalue weighted by Gasteiger charge is 2.47. The number of nitriles is 1. The SMILES string of the molecule is Cc1cc(C#N)cc2c1C(=O)C(F)(F)C2. The van der Waals surface area contributed by atoms with E-state index in [1.165, 1.54) is 12.1 Å². The Bertz CT molecular complexity index is 500. The fourth-order valence-electron chi connectivity index (χ4n) is 1.89. The monoisotopic (exact) mass is 207 g/mol. The van der Waals surface area contributed by atoms with Crippen molar-refractivity contribution in [3.63, 3.8) is 0 Å². The first-order chi connectivity index (χ1) is 6.95. The molecule has 0 N–H and O–H groups in total. The Labute approximate surface area is 85.1 Å². The third-order valence-corrected chi connectivity index (χ3v) is 2.52. The van der Waals surface area contributed by atoms with Crippen LogP contribution < -0.4 is 0 Å². The van der Waals surface area contributed by atoms with Crippen LogP contribution in [-0.2, 0) is 6.42 Å². The molecule has 1 aliphatic carbocycles. The number of aryl methyl sites for hydroxylation is 1. The Hall–Kier alpha value is -1.76. The molecule has 0 unspecified atom stereocenters. The van der Waals surface area contributed by atoms with E-state index in [-0.39, 0.29) is 11.1 Å². The number of benzene rings is 1. The molecule has 0 aliphatic heterocycles. The summed E-state index contributed by atoms with van der Waals surface area (Å²) < 4.78 is 26.2. The summed E-state index contributed by atoms with van der Waals surface area (Å²) in [6, 6.07) is 4.70. The van der Waals surface area contributed by atoms with E-state index in [0.29, 0.717) is 11.1 Å². The minimum atomic E-state index is -3.30. The van der Waals surface area contributed by atoms with Gasteiger partial charge in [0.2, 0.25) is 5.78 Å². The lowest BCUT2D eigenvalue weighted by atomic mass is 10.0. The summed E-state index contributed by atoms with van der Waals surface area (Å²) in [5.74, 6) is -4.43. The van der Waals surface area contributed by atoms with Gasteiger partial charge in [0.15, 0.2) is 0 Å². The average molecular weight is 207 g/mol. The maximum Gasteiger partial charge on any atom is 0.313 e. The fraction of sp³-hybridized carbons (Fsp3) is 0.273. The summed E-state index contributed by atoms with van der Waals surface area (Å²) in [6.45, 7) is 1.57. The maximum absolute atomic E-state index is 13.1. The summed E-state index contributed by atoms with van der Waals surface area (Å²) in [7, 11) is 0. The predicted octanol–water partition coefficient (Wildman–Crippen LogP) is 2.24. The third-order valence-electron chi connectivity index (χ3n) is 2.52. The zero-order valence-corrected chi connectivity index (χ0v) is 7.97. The van der Waals surface area contributed by atoms with Gasteiger partial charge in [-0.25, -0.2) is 0 Å². The van der Waals surface area contributed by atoms with Gasteiger partial charge in [0, 0.05) is 12.0 Å². The maximum atomic E-state index is 13.1. The molecule has 1 aromatic rings. The molecule has 0 heterocycles. The van der Waals surface area contributed by atoms with Crippen molar-refractivity contribution < 1.29 is 13.6 Å². The second-order valence-electron chi connectivity index (χ2n) is 3.65. The van der Waals surface area contributed by atoms with Crippen molar-refractivity contribution in [3.05, 3.63) is 34.4 Å². The van der Waals surface area contributed by atoms with Crippen molar-refractivity contribution in [1.29, 1.82) is 5.26 Å². The van der Waals surface area contributed by atoms with Crippen LogP contribution in [0.4, 0.5) is 8.78 Å². The van der Waals surface area contributed by atoms with Crippen LogP contribution in [0.1, 0.15) is 27.0 Å². The van der Waals surface area contributed by atoms with Gasteiger partial charge in [-0.15, -0.1) is 0 Å². The lowest BCUT2D eigenvalue weighted by Crippen LogP contribution is -2.24. The molecular weight excluding hydrogens is 200 g/mol. The normalized spacial score (nSPS) is 17.3. The van der Waals surface area contributed by atoms with Gasteiger partial charge in [0.25, 0.3) is 0 Å². The minimum Gasteiger partial charge on any atom is -0.287 e. The van der Waals surface area contributed by atoms with E-state index in [4.69, 9.17) is 5.26 Å². The Kier molecular flexibility index (Phi) is 1.87. The second kappa shape index (κ2) is 2.86. The number of halogens is 2. The molecule has 0 fully saturated rings. The molecule has 2 rings (SSSR count). The highest BCUT2D eigenvalue weighted by Crippen LogP contribution is 2.36. The Balaban J connectivity index is 2.66. The van der Waals surface area contributed by atoms with E-state index in [9.17, 15) is 13.6 Å². The fourth-order valence-corrected chi connectivity index (χ4v) is 1.89. The number of hydrogen-bond donors (Lipinski definition) is 0. The summed E-state index contributed by atoms with van der Waals surface area (Å²) in [5.41, 5.74) is 1.13. The first-order valence-corrected chi connectivity index (χ1v) is 4.42. The number of nitrogens with zero attached hydrogens (tertiary/aromatic N) is 1. The molecule has 1 aliphatic rings. The molecule has 0 saturated carbocycles. The Morgan fingerprint density at radius 2 is 2.13 bits per heavy atom. The quantitative estimate of drug-likeness (QED) is 0.654. The number of hydrogen-bond acceptors (Lipinski definition) is 2. The largest absolute Gasteiger partial charge is 0.313 e. The molecule has 0 bridgehead atoms. The van der Waals surface area contributed by atoms with Crippen LogP contribution in [0.3, 0.4) is 0 Å². The van der Waals surface area contributed by atoms with E-state index in [1.54, 1.807) is 6.92 Å².